The van der Waals surface area contributed by atoms with Crippen LogP contribution in [-0.2, 0) is 14.8 Å². The predicted molar refractivity (Wildman–Crippen MR) is 74.8 cm³/mol. The van der Waals surface area contributed by atoms with Gasteiger partial charge in [0.1, 0.15) is 4.90 Å². The molecule has 1 aliphatic carbocycles. The zero-order valence-electron chi connectivity index (χ0n) is 11.5. The molecule has 0 atom stereocenters. The Bertz CT molecular complexity index is 636. The van der Waals surface area contributed by atoms with Crippen molar-refractivity contribution in [2.24, 2.45) is 0 Å². The van der Waals surface area contributed by atoms with E-state index in [4.69, 9.17) is 5.73 Å². The molecule has 0 spiro atoms. The maximum atomic E-state index is 12.3. The lowest BCUT2D eigenvalue weighted by Crippen LogP contribution is -2.50. The third-order valence-corrected chi connectivity index (χ3v) is 5.27. The van der Waals surface area contributed by atoms with Crippen molar-refractivity contribution in [2.75, 3.05) is 12.8 Å². The first-order valence-corrected chi connectivity index (χ1v) is 7.78. The van der Waals surface area contributed by atoms with Gasteiger partial charge < -0.3 is 10.5 Å². The van der Waals surface area contributed by atoms with Crippen LogP contribution in [0.1, 0.15) is 36.5 Å². The highest BCUT2D eigenvalue weighted by molar-refractivity contribution is 7.89. The van der Waals surface area contributed by atoms with Crippen LogP contribution in [0, 0.1) is 0 Å². The average molecular weight is 298 g/mol. The maximum absolute atomic E-state index is 12.3. The van der Waals surface area contributed by atoms with Crippen molar-refractivity contribution in [3.63, 3.8) is 0 Å². The van der Waals surface area contributed by atoms with Crippen molar-refractivity contribution in [2.45, 2.75) is 36.6 Å². The van der Waals surface area contributed by atoms with Crippen molar-refractivity contribution in [1.29, 1.82) is 0 Å². The van der Waals surface area contributed by atoms with Gasteiger partial charge in [0.25, 0.3) is 0 Å². The van der Waals surface area contributed by atoms with Crippen LogP contribution >= 0.6 is 0 Å². The Morgan fingerprint density at radius 3 is 2.50 bits per heavy atom. The van der Waals surface area contributed by atoms with E-state index in [-0.39, 0.29) is 16.1 Å². The second-order valence-corrected chi connectivity index (χ2v) is 6.91. The molecule has 6 nitrogen and oxygen atoms in total. The average Bonchev–Trinajstić information content (AvgIpc) is 2.35. The van der Waals surface area contributed by atoms with Crippen molar-refractivity contribution in [3.05, 3.63) is 23.8 Å². The lowest BCUT2D eigenvalue weighted by molar-refractivity contribution is 0.0600. The number of carbonyl (C=O) groups excluding carboxylic acids is 1. The largest absolute Gasteiger partial charge is 0.465 e. The van der Waals surface area contributed by atoms with Gasteiger partial charge in [-0.05, 0) is 44.4 Å². The lowest BCUT2D eigenvalue weighted by Gasteiger charge is -2.38. The molecule has 1 aromatic rings. The molecule has 110 valence electrons. The summed E-state index contributed by atoms with van der Waals surface area (Å²) in [5, 5.41) is 0. The minimum Gasteiger partial charge on any atom is -0.465 e. The SMILES string of the molecule is COC(=O)c1ccc(S(=O)(=O)NC2(C)CCC2)c(N)c1. The number of rotatable bonds is 4. The fourth-order valence-corrected chi connectivity index (χ4v) is 3.81. The summed E-state index contributed by atoms with van der Waals surface area (Å²) < 4.78 is 31.8. The van der Waals surface area contributed by atoms with Gasteiger partial charge in [-0.2, -0.15) is 0 Å². The Morgan fingerprint density at radius 1 is 1.40 bits per heavy atom. The highest BCUT2D eigenvalue weighted by atomic mass is 32.2. The molecule has 20 heavy (non-hydrogen) atoms. The van der Waals surface area contributed by atoms with Gasteiger partial charge in [0.05, 0.1) is 18.4 Å². The molecule has 0 aliphatic heterocycles. The molecule has 2 rings (SSSR count). The van der Waals surface area contributed by atoms with Crippen LogP contribution < -0.4 is 10.5 Å². The highest BCUT2D eigenvalue weighted by Crippen LogP contribution is 2.33. The smallest absolute Gasteiger partial charge is 0.337 e. The van der Waals surface area contributed by atoms with E-state index in [1.807, 2.05) is 6.92 Å². The molecule has 1 aromatic carbocycles. The number of nitrogens with one attached hydrogen (secondary N) is 1. The zero-order chi connectivity index (χ0) is 15.0. The first-order valence-electron chi connectivity index (χ1n) is 6.29. The van der Waals surface area contributed by atoms with Crippen molar-refractivity contribution in [1.82, 2.24) is 4.72 Å². The van der Waals surface area contributed by atoms with Gasteiger partial charge in [0, 0.05) is 5.54 Å². The maximum Gasteiger partial charge on any atom is 0.337 e. The molecule has 0 radical (unpaired) electrons. The molecule has 1 saturated carbocycles. The van der Waals surface area contributed by atoms with E-state index < -0.39 is 21.5 Å². The van der Waals surface area contributed by atoms with Gasteiger partial charge in [-0.3, -0.25) is 0 Å². The zero-order valence-corrected chi connectivity index (χ0v) is 12.3. The number of nitrogens with two attached hydrogens (primary N) is 1. The Balaban J connectivity index is 2.30. The Labute approximate surface area is 118 Å². The summed E-state index contributed by atoms with van der Waals surface area (Å²) in [7, 11) is -2.43. The van der Waals surface area contributed by atoms with Gasteiger partial charge in [-0.1, -0.05) is 0 Å². The first-order chi connectivity index (χ1) is 9.27. The molecule has 0 aromatic heterocycles. The summed E-state index contributed by atoms with van der Waals surface area (Å²) in [4.78, 5) is 11.4. The molecule has 7 heteroatoms. The molecular weight excluding hydrogens is 280 g/mol. The number of anilines is 1. The number of ether oxygens (including phenoxy) is 1. The monoisotopic (exact) mass is 298 g/mol. The number of hydrogen-bond acceptors (Lipinski definition) is 5. The Morgan fingerprint density at radius 2 is 2.05 bits per heavy atom. The third kappa shape index (κ3) is 2.78. The number of carbonyl (C=O) groups is 1. The summed E-state index contributed by atoms with van der Waals surface area (Å²) in [6, 6.07) is 4.02. The molecule has 0 saturated heterocycles. The topological polar surface area (TPSA) is 98.5 Å². The Kier molecular flexibility index (Phi) is 3.75. The van der Waals surface area contributed by atoms with Crippen LogP contribution in [0.5, 0.6) is 0 Å². The summed E-state index contributed by atoms with van der Waals surface area (Å²) in [5.41, 5.74) is 5.61. The van der Waals surface area contributed by atoms with Crippen LogP contribution in [0.2, 0.25) is 0 Å². The van der Waals surface area contributed by atoms with E-state index in [2.05, 4.69) is 9.46 Å². The summed E-state index contributed by atoms with van der Waals surface area (Å²) >= 11 is 0. The molecule has 0 heterocycles. The van der Waals surface area contributed by atoms with Crippen LogP contribution in [-0.4, -0.2) is 27.0 Å². The van der Waals surface area contributed by atoms with E-state index in [1.54, 1.807) is 0 Å². The summed E-state index contributed by atoms with van der Waals surface area (Å²) in [6.07, 6.45) is 2.63. The van der Waals surface area contributed by atoms with Gasteiger partial charge in [-0.25, -0.2) is 17.9 Å². The molecule has 1 aliphatic rings. The summed E-state index contributed by atoms with van der Waals surface area (Å²) in [6.45, 7) is 1.87. The second-order valence-electron chi connectivity index (χ2n) is 5.26. The van der Waals surface area contributed by atoms with Gasteiger partial charge in [0.15, 0.2) is 0 Å². The van der Waals surface area contributed by atoms with Gasteiger partial charge >= 0.3 is 5.97 Å². The van der Waals surface area contributed by atoms with E-state index >= 15 is 0 Å². The fourth-order valence-electron chi connectivity index (χ4n) is 2.23. The molecule has 3 N–H and O–H groups in total. The van der Waals surface area contributed by atoms with Crippen LogP contribution in [0.25, 0.3) is 0 Å². The number of nitrogen functional groups attached to an aromatic ring is 1. The summed E-state index contributed by atoms with van der Waals surface area (Å²) in [5.74, 6) is -0.556. The van der Waals surface area contributed by atoms with Gasteiger partial charge in [0.2, 0.25) is 10.0 Å². The van der Waals surface area contributed by atoms with Crippen LogP contribution in [0.3, 0.4) is 0 Å². The normalized spacial score (nSPS) is 17.3. The van der Waals surface area contributed by atoms with Crippen molar-refractivity contribution in [3.8, 4) is 0 Å². The molecule has 1 fully saturated rings. The molecule has 0 unspecified atom stereocenters. The fraction of sp³-hybridized carbons (Fsp3) is 0.462. The van der Waals surface area contributed by atoms with Gasteiger partial charge in [-0.15, -0.1) is 0 Å². The number of sulfonamides is 1. The Hall–Kier alpha value is -1.60. The number of methoxy groups -OCH3 is 1. The van der Waals surface area contributed by atoms with Crippen molar-refractivity contribution < 1.29 is 17.9 Å². The number of hydrogen-bond donors (Lipinski definition) is 2. The minimum atomic E-state index is -3.69. The van der Waals surface area contributed by atoms with E-state index in [0.717, 1.165) is 19.3 Å². The van der Waals surface area contributed by atoms with E-state index in [0.29, 0.717) is 0 Å². The third-order valence-electron chi connectivity index (χ3n) is 3.56. The van der Waals surface area contributed by atoms with E-state index in [9.17, 15) is 13.2 Å². The number of benzene rings is 1. The minimum absolute atomic E-state index is 0.0155. The standard InChI is InChI=1S/C13H18N2O4S/c1-13(6-3-7-13)15-20(17,18)11-5-4-9(8-10(11)14)12(16)19-2/h4-5,8,15H,3,6-7,14H2,1-2H3. The lowest BCUT2D eigenvalue weighted by atomic mass is 9.80. The first kappa shape index (κ1) is 14.8. The van der Waals surface area contributed by atoms with Crippen LogP contribution in [0.4, 0.5) is 5.69 Å². The molecule has 0 bridgehead atoms. The predicted octanol–water partition coefficient (Wildman–Crippen LogP) is 1.28. The number of esters is 1. The molecular formula is C13H18N2O4S. The second kappa shape index (κ2) is 5.06. The molecule has 0 amide bonds. The van der Waals surface area contributed by atoms with E-state index in [1.165, 1.54) is 25.3 Å². The van der Waals surface area contributed by atoms with Crippen molar-refractivity contribution >= 4 is 21.7 Å². The quantitative estimate of drug-likeness (QED) is 0.644. The highest BCUT2D eigenvalue weighted by Gasteiger charge is 2.36. The van der Waals surface area contributed by atoms with Crippen LogP contribution in [0.15, 0.2) is 23.1 Å².